The molecule has 0 spiro atoms. The van der Waals surface area contributed by atoms with E-state index in [0.29, 0.717) is 11.8 Å². The lowest BCUT2D eigenvalue weighted by molar-refractivity contribution is 0.333. The van der Waals surface area contributed by atoms with Gasteiger partial charge in [-0.1, -0.05) is 0 Å². The van der Waals surface area contributed by atoms with Gasteiger partial charge in [0, 0.05) is 42.8 Å². The third-order valence-corrected chi connectivity index (χ3v) is 4.43. The molecule has 0 radical (unpaired) electrons. The number of nitrogens with zero attached hydrogens (tertiary/aromatic N) is 3. The van der Waals surface area contributed by atoms with E-state index in [-0.39, 0.29) is 5.56 Å². The van der Waals surface area contributed by atoms with Crippen molar-refractivity contribution in [1.29, 1.82) is 0 Å². The fourth-order valence-corrected chi connectivity index (χ4v) is 3.03. The van der Waals surface area contributed by atoms with Gasteiger partial charge in [0.05, 0.1) is 0 Å². The maximum atomic E-state index is 11.1. The van der Waals surface area contributed by atoms with Gasteiger partial charge in [0.25, 0.3) is 5.56 Å². The second kappa shape index (κ2) is 5.02. The number of aromatic amines is 1. The third-order valence-electron chi connectivity index (χ3n) is 4.43. The molecule has 110 valence electrons. The van der Waals surface area contributed by atoms with Crippen molar-refractivity contribution in [3.05, 3.63) is 40.3 Å². The van der Waals surface area contributed by atoms with E-state index in [1.54, 1.807) is 12.4 Å². The van der Waals surface area contributed by atoms with Gasteiger partial charge in [0.2, 0.25) is 0 Å². The maximum Gasteiger partial charge on any atom is 0.280 e. The molecule has 0 amide bonds. The molecule has 2 aliphatic rings. The molecule has 21 heavy (non-hydrogen) atoms. The van der Waals surface area contributed by atoms with Crippen molar-refractivity contribution >= 4 is 5.82 Å². The van der Waals surface area contributed by atoms with Crippen LogP contribution in [-0.4, -0.2) is 28.2 Å². The lowest BCUT2D eigenvalue weighted by atomic mass is 9.94. The monoisotopic (exact) mass is 286 g/mol. The molecule has 6 heteroatoms. The van der Waals surface area contributed by atoms with E-state index in [2.05, 4.69) is 26.1 Å². The zero-order chi connectivity index (χ0) is 14.2. The number of piperidine rings is 1. The molecule has 0 atom stereocenters. The van der Waals surface area contributed by atoms with Crippen LogP contribution in [0.1, 0.15) is 49.0 Å². The molecule has 2 fully saturated rings. The molecule has 0 aromatic carbocycles. The average molecular weight is 286 g/mol. The second-order valence-corrected chi connectivity index (χ2v) is 5.95. The highest BCUT2D eigenvalue weighted by Gasteiger charge is 2.27. The van der Waals surface area contributed by atoms with Gasteiger partial charge >= 0.3 is 0 Å². The van der Waals surface area contributed by atoms with E-state index in [9.17, 15) is 4.79 Å². The second-order valence-electron chi connectivity index (χ2n) is 5.95. The Bertz CT molecular complexity index is 681. The van der Waals surface area contributed by atoms with E-state index in [1.807, 2.05) is 0 Å². The smallest absolute Gasteiger partial charge is 0.280 e. The van der Waals surface area contributed by atoms with Crippen LogP contribution in [-0.2, 0) is 0 Å². The van der Waals surface area contributed by atoms with E-state index < -0.39 is 0 Å². The highest BCUT2D eigenvalue weighted by molar-refractivity contribution is 5.41. The Morgan fingerprint density at radius 3 is 2.57 bits per heavy atom. The zero-order valence-corrected chi connectivity index (χ0v) is 11.8. The summed E-state index contributed by atoms with van der Waals surface area (Å²) >= 11 is 0. The van der Waals surface area contributed by atoms with Gasteiger partial charge in [-0.15, -0.1) is 0 Å². The standard InChI is InChI=1S/C15H18N4O2/c20-15-8-13(21-18-15)11-3-5-19(6-4-11)14-7-12(10-1-2-10)16-9-17-14/h7-11H,1-6H2,(H,18,20). The first-order chi connectivity index (χ1) is 10.3. The normalized spacial score (nSPS) is 19.9. The Kier molecular flexibility index (Phi) is 3.02. The summed E-state index contributed by atoms with van der Waals surface area (Å²) in [5.41, 5.74) is 1.02. The van der Waals surface area contributed by atoms with Crippen molar-refractivity contribution in [3.8, 4) is 0 Å². The fraction of sp³-hybridized carbons (Fsp3) is 0.533. The summed E-state index contributed by atoms with van der Waals surface area (Å²) in [5, 5.41) is 2.37. The minimum absolute atomic E-state index is 0.155. The number of hydrogen-bond donors (Lipinski definition) is 1. The molecule has 2 aromatic heterocycles. The van der Waals surface area contributed by atoms with Crippen LogP contribution in [0.25, 0.3) is 0 Å². The van der Waals surface area contributed by atoms with Crippen molar-refractivity contribution in [2.24, 2.45) is 0 Å². The lowest BCUT2D eigenvalue weighted by Gasteiger charge is -2.31. The molecule has 2 aromatic rings. The van der Waals surface area contributed by atoms with Crippen molar-refractivity contribution in [1.82, 2.24) is 15.1 Å². The predicted molar refractivity (Wildman–Crippen MR) is 77.5 cm³/mol. The van der Waals surface area contributed by atoms with Crippen LogP contribution >= 0.6 is 0 Å². The summed E-state index contributed by atoms with van der Waals surface area (Å²) < 4.78 is 5.22. The zero-order valence-electron chi connectivity index (χ0n) is 11.8. The molecule has 4 rings (SSSR count). The molecule has 0 unspecified atom stereocenters. The maximum absolute atomic E-state index is 11.1. The minimum atomic E-state index is -0.155. The van der Waals surface area contributed by atoms with Crippen LogP contribution in [0, 0.1) is 0 Å². The first-order valence-electron chi connectivity index (χ1n) is 7.55. The quantitative estimate of drug-likeness (QED) is 0.934. The summed E-state index contributed by atoms with van der Waals surface area (Å²) in [6, 6.07) is 3.70. The van der Waals surface area contributed by atoms with Crippen LogP contribution in [0.2, 0.25) is 0 Å². The number of rotatable bonds is 3. The van der Waals surface area contributed by atoms with Crippen LogP contribution in [0.3, 0.4) is 0 Å². The molecular weight excluding hydrogens is 268 g/mol. The van der Waals surface area contributed by atoms with Crippen molar-refractivity contribution in [2.75, 3.05) is 18.0 Å². The van der Waals surface area contributed by atoms with Gasteiger partial charge in [0.1, 0.15) is 17.9 Å². The largest absolute Gasteiger partial charge is 0.383 e. The molecule has 1 N–H and O–H groups in total. The predicted octanol–water partition coefficient (Wildman–Crippen LogP) is 2.02. The highest BCUT2D eigenvalue weighted by Crippen LogP contribution is 2.39. The molecule has 1 saturated heterocycles. The topological polar surface area (TPSA) is 75.0 Å². The van der Waals surface area contributed by atoms with E-state index in [1.165, 1.54) is 18.5 Å². The minimum Gasteiger partial charge on any atom is -0.383 e. The fourth-order valence-electron chi connectivity index (χ4n) is 3.03. The summed E-state index contributed by atoms with van der Waals surface area (Å²) in [4.78, 5) is 22.2. The van der Waals surface area contributed by atoms with Crippen LogP contribution in [0.15, 0.2) is 27.8 Å². The summed E-state index contributed by atoms with van der Waals surface area (Å²) in [5.74, 6) is 2.78. The number of anilines is 1. The first kappa shape index (κ1) is 12.6. The van der Waals surface area contributed by atoms with Gasteiger partial charge in [0.15, 0.2) is 0 Å². The third kappa shape index (κ3) is 2.57. The first-order valence-corrected chi connectivity index (χ1v) is 7.55. The van der Waals surface area contributed by atoms with E-state index >= 15 is 0 Å². The lowest BCUT2D eigenvalue weighted by Crippen LogP contribution is -2.33. The average Bonchev–Trinajstić information content (AvgIpc) is 3.29. The summed E-state index contributed by atoms with van der Waals surface area (Å²) in [6.45, 7) is 1.86. The Balaban J connectivity index is 1.45. The van der Waals surface area contributed by atoms with E-state index in [0.717, 1.165) is 37.5 Å². The Morgan fingerprint density at radius 1 is 1.10 bits per heavy atom. The van der Waals surface area contributed by atoms with Gasteiger partial charge in [-0.2, -0.15) is 5.16 Å². The van der Waals surface area contributed by atoms with Crippen LogP contribution in [0.4, 0.5) is 5.82 Å². The van der Waals surface area contributed by atoms with E-state index in [4.69, 9.17) is 4.52 Å². The number of hydrogen-bond acceptors (Lipinski definition) is 5. The Morgan fingerprint density at radius 2 is 1.90 bits per heavy atom. The van der Waals surface area contributed by atoms with Crippen molar-refractivity contribution < 1.29 is 4.52 Å². The SMILES string of the molecule is O=c1cc(C2CCN(c3cc(C4CC4)ncn3)CC2)o[nH]1. The van der Waals surface area contributed by atoms with Crippen LogP contribution in [0.5, 0.6) is 0 Å². The molecule has 3 heterocycles. The number of H-pyrrole nitrogens is 1. The van der Waals surface area contributed by atoms with Gasteiger partial charge in [-0.05, 0) is 25.7 Å². The molecule has 0 bridgehead atoms. The summed E-state index contributed by atoms with van der Waals surface area (Å²) in [6.07, 6.45) is 6.14. The highest BCUT2D eigenvalue weighted by atomic mass is 16.5. The molecule has 1 saturated carbocycles. The molecule has 1 aliphatic heterocycles. The summed E-state index contributed by atoms with van der Waals surface area (Å²) in [7, 11) is 0. The van der Waals surface area contributed by atoms with Crippen LogP contribution < -0.4 is 10.5 Å². The molecule has 1 aliphatic carbocycles. The van der Waals surface area contributed by atoms with Gasteiger partial charge in [-0.3, -0.25) is 4.79 Å². The van der Waals surface area contributed by atoms with Gasteiger partial charge < -0.3 is 9.42 Å². The van der Waals surface area contributed by atoms with Crippen molar-refractivity contribution in [3.63, 3.8) is 0 Å². The molecule has 6 nitrogen and oxygen atoms in total. The number of aromatic nitrogens is 3. The number of nitrogens with one attached hydrogen (secondary N) is 1. The molecular formula is C15H18N4O2. The van der Waals surface area contributed by atoms with Crippen molar-refractivity contribution in [2.45, 2.75) is 37.5 Å². The van der Waals surface area contributed by atoms with Gasteiger partial charge in [-0.25, -0.2) is 9.97 Å². The Labute approximate surface area is 122 Å². The Hall–Kier alpha value is -2.11.